The highest BCUT2D eigenvalue weighted by molar-refractivity contribution is 9.10. The molecule has 1 aliphatic carbocycles. The van der Waals surface area contributed by atoms with Crippen LogP contribution in [-0.2, 0) is 11.3 Å². The number of fused-ring (bicyclic) bond motifs is 1. The van der Waals surface area contributed by atoms with E-state index in [-0.39, 0.29) is 28.7 Å². The number of nitrogens with one attached hydrogen (secondary N) is 3. The maximum atomic E-state index is 12.7. The van der Waals surface area contributed by atoms with E-state index in [9.17, 15) is 14.9 Å². The first kappa shape index (κ1) is 19.0. The molecule has 2 aliphatic rings. The Hall–Kier alpha value is -2.37. The van der Waals surface area contributed by atoms with E-state index in [1.165, 1.54) is 0 Å². The number of aromatic nitrogens is 3. The SMILES string of the molecule is O=C(Nc1ncn(Cc2ccc(Br)cc2)n1)C1NNC2CCC([N+](=O)[O-])CC21. The summed E-state index contributed by atoms with van der Waals surface area (Å²) >= 11 is 3.40. The molecule has 1 saturated carbocycles. The summed E-state index contributed by atoms with van der Waals surface area (Å²) < 4.78 is 2.64. The molecule has 0 spiro atoms. The first-order valence-electron chi connectivity index (χ1n) is 9.09. The van der Waals surface area contributed by atoms with Crippen LogP contribution in [0.2, 0.25) is 0 Å². The van der Waals surface area contributed by atoms with Crippen molar-refractivity contribution in [2.24, 2.45) is 5.92 Å². The van der Waals surface area contributed by atoms with Crippen molar-refractivity contribution in [1.82, 2.24) is 25.6 Å². The number of hydrazine groups is 1. The van der Waals surface area contributed by atoms with Gasteiger partial charge in [-0.3, -0.25) is 25.7 Å². The molecular formula is C17H20BrN7O3. The van der Waals surface area contributed by atoms with Gasteiger partial charge in [0.2, 0.25) is 17.9 Å². The van der Waals surface area contributed by atoms with Crippen molar-refractivity contribution < 1.29 is 9.72 Å². The molecule has 4 atom stereocenters. The molecule has 1 amide bonds. The number of rotatable bonds is 5. The van der Waals surface area contributed by atoms with E-state index in [4.69, 9.17) is 0 Å². The maximum absolute atomic E-state index is 12.7. The van der Waals surface area contributed by atoms with Gasteiger partial charge in [-0.1, -0.05) is 28.1 Å². The molecular weight excluding hydrogens is 430 g/mol. The molecule has 4 unspecified atom stereocenters. The largest absolute Gasteiger partial charge is 0.292 e. The van der Waals surface area contributed by atoms with Crippen LogP contribution in [0.4, 0.5) is 5.95 Å². The molecule has 10 nitrogen and oxygen atoms in total. The summed E-state index contributed by atoms with van der Waals surface area (Å²) in [4.78, 5) is 27.7. The van der Waals surface area contributed by atoms with Crippen molar-refractivity contribution in [3.8, 4) is 0 Å². The summed E-state index contributed by atoms with van der Waals surface area (Å²) in [5.41, 5.74) is 7.13. The van der Waals surface area contributed by atoms with Gasteiger partial charge in [-0.15, -0.1) is 5.10 Å². The first-order valence-corrected chi connectivity index (χ1v) is 9.88. The highest BCUT2D eigenvalue weighted by Gasteiger charge is 2.46. The molecule has 1 aromatic heterocycles. The lowest BCUT2D eigenvalue weighted by atomic mass is 9.79. The molecule has 0 bridgehead atoms. The zero-order valence-corrected chi connectivity index (χ0v) is 16.5. The number of benzene rings is 1. The Labute approximate surface area is 169 Å². The van der Waals surface area contributed by atoms with Gasteiger partial charge in [0, 0.05) is 34.2 Å². The smallest absolute Gasteiger partial charge is 0.248 e. The molecule has 11 heteroatoms. The van der Waals surface area contributed by atoms with Gasteiger partial charge < -0.3 is 0 Å². The first-order chi connectivity index (χ1) is 13.5. The maximum Gasteiger partial charge on any atom is 0.248 e. The van der Waals surface area contributed by atoms with Crippen LogP contribution in [0.1, 0.15) is 24.8 Å². The Morgan fingerprint density at radius 1 is 1.32 bits per heavy atom. The van der Waals surface area contributed by atoms with E-state index in [1.807, 2.05) is 24.3 Å². The number of hydrogen-bond donors (Lipinski definition) is 3. The molecule has 3 N–H and O–H groups in total. The minimum Gasteiger partial charge on any atom is -0.292 e. The predicted molar refractivity (Wildman–Crippen MR) is 104 cm³/mol. The van der Waals surface area contributed by atoms with E-state index in [1.54, 1.807) is 11.0 Å². The lowest BCUT2D eigenvalue weighted by Gasteiger charge is -2.28. The summed E-state index contributed by atoms with van der Waals surface area (Å²) in [6.45, 7) is 0.536. The van der Waals surface area contributed by atoms with E-state index >= 15 is 0 Å². The lowest BCUT2D eigenvalue weighted by Crippen LogP contribution is -2.44. The fourth-order valence-corrected chi connectivity index (χ4v) is 4.14. The monoisotopic (exact) mass is 449 g/mol. The van der Waals surface area contributed by atoms with Crippen molar-refractivity contribution >= 4 is 27.8 Å². The Morgan fingerprint density at radius 2 is 2.11 bits per heavy atom. The number of carbonyl (C=O) groups excluding carboxylic acids is 1. The molecule has 1 aliphatic heterocycles. The van der Waals surface area contributed by atoms with Gasteiger partial charge in [0.05, 0.1) is 6.54 Å². The molecule has 148 valence electrons. The van der Waals surface area contributed by atoms with Crippen molar-refractivity contribution in [2.75, 3.05) is 5.32 Å². The highest BCUT2D eigenvalue weighted by Crippen LogP contribution is 2.32. The fraction of sp³-hybridized carbons (Fsp3) is 0.471. The molecule has 28 heavy (non-hydrogen) atoms. The second-order valence-electron chi connectivity index (χ2n) is 7.17. The van der Waals surface area contributed by atoms with Gasteiger partial charge in [-0.05, 0) is 24.1 Å². The van der Waals surface area contributed by atoms with E-state index in [0.29, 0.717) is 25.8 Å². The number of carbonyl (C=O) groups is 1. The van der Waals surface area contributed by atoms with Gasteiger partial charge in [0.1, 0.15) is 12.4 Å². The second-order valence-corrected chi connectivity index (χ2v) is 8.09. The van der Waals surface area contributed by atoms with Crippen molar-refractivity contribution in [1.29, 1.82) is 0 Å². The van der Waals surface area contributed by atoms with Crippen LogP contribution in [0.15, 0.2) is 35.1 Å². The van der Waals surface area contributed by atoms with Gasteiger partial charge in [0.25, 0.3) is 0 Å². The zero-order chi connectivity index (χ0) is 19.7. The number of hydrogen-bond acceptors (Lipinski definition) is 7. The van der Waals surface area contributed by atoms with Crippen LogP contribution in [0.3, 0.4) is 0 Å². The van der Waals surface area contributed by atoms with Crippen LogP contribution in [0, 0.1) is 16.0 Å². The van der Waals surface area contributed by atoms with Gasteiger partial charge in [0.15, 0.2) is 0 Å². The quantitative estimate of drug-likeness (QED) is 0.463. The summed E-state index contributed by atoms with van der Waals surface area (Å²) in [5, 5.41) is 18.1. The molecule has 0 radical (unpaired) electrons. The van der Waals surface area contributed by atoms with Crippen LogP contribution >= 0.6 is 15.9 Å². The standard InChI is InChI=1S/C17H20BrN7O3/c18-11-3-1-10(2-4-11)8-24-9-19-17(23-24)20-16(26)15-13-7-12(25(27)28)5-6-14(13)21-22-15/h1-4,9,12-15,21-22H,5-8H2,(H,20,23,26). The number of anilines is 1. The average molecular weight is 450 g/mol. The molecule has 2 heterocycles. The number of amides is 1. The summed E-state index contributed by atoms with van der Waals surface area (Å²) in [7, 11) is 0. The molecule has 1 aromatic carbocycles. The third-order valence-electron chi connectivity index (χ3n) is 5.33. The van der Waals surface area contributed by atoms with Crippen molar-refractivity contribution in [3.63, 3.8) is 0 Å². The zero-order valence-electron chi connectivity index (χ0n) is 14.9. The second kappa shape index (κ2) is 7.94. The van der Waals surface area contributed by atoms with Gasteiger partial charge in [-0.2, -0.15) is 0 Å². The molecule has 1 saturated heterocycles. The normalized spacial score (nSPS) is 26.6. The van der Waals surface area contributed by atoms with E-state index in [2.05, 4.69) is 42.2 Å². The minimum atomic E-state index is -0.596. The van der Waals surface area contributed by atoms with Gasteiger partial charge >= 0.3 is 0 Å². The Bertz CT molecular complexity index is 872. The Kier molecular flexibility index (Phi) is 5.38. The molecule has 4 rings (SSSR count). The number of halogens is 1. The number of nitrogens with zero attached hydrogens (tertiary/aromatic N) is 4. The fourth-order valence-electron chi connectivity index (χ4n) is 3.88. The Balaban J connectivity index is 1.38. The third kappa shape index (κ3) is 4.05. The predicted octanol–water partition coefficient (Wildman–Crippen LogP) is 1.32. The van der Waals surface area contributed by atoms with Crippen molar-refractivity contribution in [2.45, 2.75) is 43.9 Å². The molecule has 2 aromatic rings. The van der Waals surface area contributed by atoms with Crippen LogP contribution < -0.4 is 16.2 Å². The van der Waals surface area contributed by atoms with Crippen molar-refractivity contribution in [3.05, 3.63) is 50.7 Å². The highest BCUT2D eigenvalue weighted by atomic mass is 79.9. The topological polar surface area (TPSA) is 127 Å². The summed E-state index contributed by atoms with van der Waals surface area (Å²) in [6.07, 6.45) is 3.14. The molecule has 2 fully saturated rings. The van der Waals surface area contributed by atoms with Crippen LogP contribution in [-0.4, -0.2) is 43.7 Å². The number of nitro groups is 1. The Morgan fingerprint density at radius 3 is 2.86 bits per heavy atom. The lowest BCUT2D eigenvalue weighted by molar-refractivity contribution is -0.528. The van der Waals surface area contributed by atoms with E-state index < -0.39 is 12.1 Å². The van der Waals surface area contributed by atoms with Gasteiger partial charge in [-0.25, -0.2) is 15.1 Å². The summed E-state index contributed by atoms with van der Waals surface area (Å²) in [5.74, 6) is -0.201. The average Bonchev–Trinajstić information content (AvgIpc) is 3.29. The third-order valence-corrected chi connectivity index (χ3v) is 5.86. The van der Waals surface area contributed by atoms with E-state index in [0.717, 1.165) is 10.0 Å². The van der Waals surface area contributed by atoms with Crippen LogP contribution in [0.25, 0.3) is 0 Å². The minimum absolute atomic E-state index is 0.0647. The summed E-state index contributed by atoms with van der Waals surface area (Å²) in [6, 6.07) is 6.78. The van der Waals surface area contributed by atoms with Crippen LogP contribution in [0.5, 0.6) is 0 Å².